The van der Waals surface area contributed by atoms with Crippen LogP contribution >= 0.6 is 11.8 Å². The fourth-order valence-electron chi connectivity index (χ4n) is 2.18. The van der Waals surface area contributed by atoms with Crippen LogP contribution in [0.1, 0.15) is 12.7 Å². The Bertz CT molecular complexity index is 837. The molecule has 1 aromatic heterocycles. The molecule has 25 heavy (non-hydrogen) atoms. The van der Waals surface area contributed by atoms with Crippen LogP contribution in [-0.2, 0) is 11.4 Å². The minimum Gasteiger partial charge on any atom is -0.486 e. The highest BCUT2D eigenvalue weighted by Crippen LogP contribution is 2.26. The van der Waals surface area contributed by atoms with E-state index in [-0.39, 0.29) is 6.61 Å². The van der Waals surface area contributed by atoms with Crippen molar-refractivity contribution >= 4 is 17.7 Å². The molecule has 0 aliphatic rings. The van der Waals surface area contributed by atoms with Gasteiger partial charge in [-0.2, -0.15) is 0 Å². The number of para-hydroxylation sites is 2. The summed E-state index contributed by atoms with van der Waals surface area (Å²) in [6.07, 6.45) is 0. The van der Waals surface area contributed by atoms with Gasteiger partial charge in [0.1, 0.15) is 17.6 Å². The number of benzene rings is 2. The van der Waals surface area contributed by atoms with E-state index in [0.717, 1.165) is 23.2 Å². The molecule has 0 amide bonds. The first kappa shape index (κ1) is 17.0. The van der Waals surface area contributed by atoms with E-state index in [4.69, 9.17) is 9.84 Å². The van der Waals surface area contributed by atoms with Gasteiger partial charge in [-0.3, -0.25) is 9.36 Å². The summed E-state index contributed by atoms with van der Waals surface area (Å²) in [4.78, 5) is 11.2. The number of hydrogen-bond acceptors (Lipinski definition) is 5. The molecular formula is C18H17N3O3S. The Morgan fingerprint density at radius 2 is 1.76 bits per heavy atom. The number of nitrogens with zero attached hydrogens (tertiary/aromatic N) is 3. The predicted molar refractivity (Wildman–Crippen MR) is 95.1 cm³/mol. The van der Waals surface area contributed by atoms with Crippen molar-refractivity contribution in [3.8, 4) is 11.4 Å². The topological polar surface area (TPSA) is 77.2 Å². The molecule has 1 heterocycles. The van der Waals surface area contributed by atoms with Gasteiger partial charge in [0.2, 0.25) is 0 Å². The zero-order chi connectivity index (χ0) is 17.6. The fraction of sp³-hybridized carbons (Fsp3) is 0.167. The monoisotopic (exact) mass is 355 g/mol. The van der Waals surface area contributed by atoms with Crippen LogP contribution < -0.4 is 4.74 Å². The number of thioether (sulfide) groups is 1. The van der Waals surface area contributed by atoms with Gasteiger partial charge in [-0.05, 0) is 31.2 Å². The largest absolute Gasteiger partial charge is 0.486 e. The average molecular weight is 355 g/mol. The van der Waals surface area contributed by atoms with Gasteiger partial charge in [-0.1, -0.05) is 48.2 Å². The summed E-state index contributed by atoms with van der Waals surface area (Å²) >= 11 is 1.15. The third-order valence-corrected chi connectivity index (χ3v) is 4.49. The number of carboxylic acid groups (broad SMARTS) is 1. The number of carbonyl (C=O) groups is 1. The van der Waals surface area contributed by atoms with Crippen molar-refractivity contribution in [2.45, 2.75) is 23.9 Å². The van der Waals surface area contributed by atoms with Crippen molar-refractivity contribution in [2.24, 2.45) is 0 Å². The number of carboxylic acids is 1. The van der Waals surface area contributed by atoms with Gasteiger partial charge in [0.05, 0.1) is 0 Å². The van der Waals surface area contributed by atoms with E-state index < -0.39 is 11.2 Å². The summed E-state index contributed by atoms with van der Waals surface area (Å²) < 4.78 is 7.60. The van der Waals surface area contributed by atoms with E-state index in [1.165, 1.54) is 0 Å². The molecule has 0 fully saturated rings. The average Bonchev–Trinajstić information content (AvgIpc) is 3.04. The van der Waals surface area contributed by atoms with Crippen LogP contribution in [0.5, 0.6) is 5.75 Å². The summed E-state index contributed by atoms with van der Waals surface area (Å²) in [5.74, 6) is 0.447. The third kappa shape index (κ3) is 4.19. The molecule has 0 radical (unpaired) electrons. The molecular weight excluding hydrogens is 338 g/mol. The zero-order valence-corrected chi connectivity index (χ0v) is 14.4. The fourth-order valence-corrected chi connectivity index (χ4v) is 3.00. The van der Waals surface area contributed by atoms with Crippen molar-refractivity contribution < 1.29 is 14.6 Å². The molecule has 3 aromatic rings. The maximum Gasteiger partial charge on any atom is 0.316 e. The molecule has 0 aliphatic heterocycles. The van der Waals surface area contributed by atoms with Crippen molar-refractivity contribution in [3.05, 3.63) is 66.5 Å². The van der Waals surface area contributed by atoms with Crippen molar-refractivity contribution in [3.63, 3.8) is 0 Å². The lowest BCUT2D eigenvalue weighted by molar-refractivity contribution is -0.136. The second kappa shape index (κ2) is 7.85. The first-order valence-corrected chi connectivity index (χ1v) is 8.60. The van der Waals surface area contributed by atoms with Gasteiger partial charge in [0.15, 0.2) is 11.0 Å². The van der Waals surface area contributed by atoms with Crippen LogP contribution in [-0.4, -0.2) is 31.1 Å². The van der Waals surface area contributed by atoms with Crippen LogP contribution in [0.15, 0.2) is 65.8 Å². The molecule has 0 spiro atoms. The summed E-state index contributed by atoms with van der Waals surface area (Å²) in [5, 5.41) is 17.4. The molecule has 0 aliphatic carbocycles. The Kier molecular flexibility index (Phi) is 5.35. The molecule has 0 saturated heterocycles. The highest BCUT2D eigenvalue weighted by atomic mass is 32.2. The van der Waals surface area contributed by atoms with Gasteiger partial charge in [0, 0.05) is 5.69 Å². The SMILES string of the molecule is C[C@H](Sc1nnc(COc2ccccc2)n1-c1ccccc1)C(=O)O. The lowest BCUT2D eigenvalue weighted by Crippen LogP contribution is -2.13. The summed E-state index contributed by atoms with van der Waals surface area (Å²) in [6.45, 7) is 1.85. The second-order valence-corrected chi connectivity index (χ2v) is 6.58. The van der Waals surface area contributed by atoms with E-state index >= 15 is 0 Å². The molecule has 0 bridgehead atoms. The third-order valence-electron chi connectivity index (χ3n) is 3.46. The van der Waals surface area contributed by atoms with Crippen LogP contribution in [0.2, 0.25) is 0 Å². The van der Waals surface area contributed by atoms with Crippen molar-refractivity contribution in [1.82, 2.24) is 14.8 Å². The lowest BCUT2D eigenvalue weighted by atomic mass is 10.3. The number of ether oxygens (including phenoxy) is 1. The molecule has 0 unspecified atom stereocenters. The van der Waals surface area contributed by atoms with Gasteiger partial charge in [-0.25, -0.2) is 0 Å². The lowest BCUT2D eigenvalue weighted by Gasteiger charge is -2.12. The van der Waals surface area contributed by atoms with Crippen molar-refractivity contribution in [1.29, 1.82) is 0 Å². The van der Waals surface area contributed by atoms with E-state index in [1.807, 2.05) is 65.2 Å². The normalized spacial score (nSPS) is 11.9. The highest BCUT2D eigenvalue weighted by molar-refractivity contribution is 8.00. The van der Waals surface area contributed by atoms with Gasteiger partial charge in [0.25, 0.3) is 0 Å². The second-order valence-electron chi connectivity index (χ2n) is 5.27. The standard InChI is InChI=1S/C18H17N3O3S/c1-13(17(22)23)25-18-20-19-16(12-24-15-10-6-3-7-11-15)21(18)14-8-4-2-5-9-14/h2-11,13H,12H2,1H3,(H,22,23)/t13-/m0/s1. The Hall–Kier alpha value is -2.80. The Morgan fingerprint density at radius 1 is 1.12 bits per heavy atom. The van der Waals surface area contributed by atoms with E-state index in [0.29, 0.717) is 11.0 Å². The highest BCUT2D eigenvalue weighted by Gasteiger charge is 2.20. The van der Waals surface area contributed by atoms with Gasteiger partial charge < -0.3 is 9.84 Å². The number of aromatic nitrogens is 3. The quantitative estimate of drug-likeness (QED) is 0.655. The molecule has 0 saturated carbocycles. The molecule has 1 atom stereocenters. The van der Waals surface area contributed by atoms with Crippen LogP contribution in [0.4, 0.5) is 0 Å². The summed E-state index contributed by atoms with van der Waals surface area (Å²) in [7, 11) is 0. The molecule has 3 rings (SSSR count). The summed E-state index contributed by atoms with van der Waals surface area (Å²) in [5.41, 5.74) is 0.860. The zero-order valence-electron chi connectivity index (χ0n) is 13.6. The predicted octanol–water partition coefficient (Wildman–Crippen LogP) is 3.41. The van der Waals surface area contributed by atoms with Crippen molar-refractivity contribution in [2.75, 3.05) is 0 Å². The van der Waals surface area contributed by atoms with Gasteiger partial charge in [-0.15, -0.1) is 10.2 Å². The van der Waals surface area contributed by atoms with Crippen LogP contribution in [0.3, 0.4) is 0 Å². The van der Waals surface area contributed by atoms with E-state index in [9.17, 15) is 4.79 Å². The first-order chi connectivity index (χ1) is 12.1. The molecule has 6 nitrogen and oxygen atoms in total. The molecule has 7 heteroatoms. The van der Waals surface area contributed by atoms with Crippen LogP contribution in [0.25, 0.3) is 5.69 Å². The molecule has 2 aromatic carbocycles. The van der Waals surface area contributed by atoms with E-state index in [1.54, 1.807) is 6.92 Å². The van der Waals surface area contributed by atoms with E-state index in [2.05, 4.69) is 10.2 Å². The number of rotatable bonds is 7. The van der Waals surface area contributed by atoms with Gasteiger partial charge >= 0.3 is 5.97 Å². The minimum absolute atomic E-state index is 0.230. The summed E-state index contributed by atoms with van der Waals surface area (Å²) in [6, 6.07) is 19.0. The smallest absolute Gasteiger partial charge is 0.316 e. The molecule has 128 valence electrons. The Balaban J connectivity index is 1.89. The minimum atomic E-state index is -0.894. The number of aliphatic carboxylic acids is 1. The van der Waals surface area contributed by atoms with Crippen LogP contribution in [0, 0.1) is 0 Å². The number of hydrogen-bond donors (Lipinski definition) is 1. The Labute approximate surface area is 149 Å². The first-order valence-electron chi connectivity index (χ1n) is 7.72. The Morgan fingerprint density at radius 3 is 2.40 bits per heavy atom. The maximum absolute atomic E-state index is 11.2. The maximum atomic E-state index is 11.2. The molecule has 1 N–H and O–H groups in total.